The molecular weight excluding hydrogens is 562 g/mol. The summed E-state index contributed by atoms with van der Waals surface area (Å²) in [4.78, 5) is 18.9. The number of fused-ring (bicyclic) bond motifs is 7. The van der Waals surface area contributed by atoms with E-state index in [0.29, 0.717) is 46.7 Å². The van der Waals surface area contributed by atoms with Crippen molar-refractivity contribution < 1.29 is 18.6 Å². The van der Waals surface area contributed by atoms with Crippen molar-refractivity contribution in [2.24, 2.45) is 5.92 Å². The molecule has 1 aliphatic carbocycles. The maximum atomic E-state index is 16.8. The van der Waals surface area contributed by atoms with Crippen LogP contribution in [0.15, 0.2) is 30.5 Å². The zero-order valence-electron chi connectivity index (χ0n) is 24.2. The van der Waals surface area contributed by atoms with Crippen molar-refractivity contribution in [2.45, 2.75) is 62.2 Å². The van der Waals surface area contributed by atoms with E-state index in [4.69, 9.17) is 16.1 Å². The monoisotopic (exact) mass is 594 g/mol. The molecule has 2 aromatic heterocycles. The third-order valence-corrected chi connectivity index (χ3v) is 10.7. The Morgan fingerprint density at radius 2 is 2.00 bits per heavy atom. The van der Waals surface area contributed by atoms with Gasteiger partial charge >= 0.3 is 6.01 Å². The van der Waals surface area contributed by atoms with Crippen molar-refractivity contribution >= 4 is 27.5 Å². The number of piperazine rings is 1. The Kier molecular flexibility index (Phi) is 5.67. The molecule has 0 radical (unpaired) electrons. The molecule has 4 saturated heterocycles. The predicted molar refractivity (Wildman–Crippen MR) is 163 cm³/mol. The van der Waals surface area contributed by atoms with Crippen LogP contribution in [0.2, 0.25) is 0 Å². The highest BCUT2D eigenvalue weighted by atomic mass is 19.1. The lowest BCUT2D eigenvalue weighted by molar-refractivity contribution is 0.0867. The van der Waals surface area contributed by atoms with Crippen molar-refractivity contribution in [1.82, 2.24) is 25.2 Å². The third kappa shape index (κ3) is 3.92. The Balaban J connectivity index is 1.19. The van der Waals surface area contributed by atoms with Crippen LogP contribution in [0.1, 0.15) is 44.1 Å². The number of nitrogens with one attached hydrogen (secondary N) is 1. The average Bonchev–Trinajstić information content (AvgIpc) is 3.33. The molecule has 4 aromatic rings. The van der Waals surface area contributed by atoms with Gasteiger partial charge < -0.3 is 20.1 Å². The van der Waals surface area contributed by atoms with Crippen LogP contribution in [-0.2, 0) is 0 Å². The quantitative estimate of drug-likeness (QED) is 0.320. The lowest BCUT2D eigenvalue weighted by Crippen LogP contribution is -2.51. The Bertz CT molecular complexity index is 1900. The van der Waals surface area contributed by atoms with Crippen LogP contribution in [0.25, 0.3) is 32.9 Å². The maximum Gasteiger partial charge on any atom is 0.319 e. The largest absolute Gasteiger partial charge is 0.508 e. The van der Waals surface area contributed by atoms with Crippen molar-refractivity contribution in [3.63, 3.8) is 0 Å². The number of rotatable bonds is 5. The van der Waals surface area contributed by atoms with E-state index in [-0.39, 0.29) is 39.6 Å². The number of hydrogen-bond donors (Lipinski definition) is 2. The molecule has 5 aliphatic rings. The standard InChI is InChI=1S/C34H32F2N6O2/c1-2-23-26(35)7-4-18-10-22(43)12-24(28(18)23)30-29(36)31-25(14-37-30)32(41-15-20-5-6-21(16-41)38-20)40-33(39-31)44-17-34-8-3-9-42(34)27-11-19(27)13-34/h1,4,7,10,12,14,19-21,27,38,43H,3,5-6,8-9,11,13,15-17H2/t19-,20-,21+,27-,34+/m0/s1. The summed E-state index contributed by atoms with van der Waals surface area (Å²) < 4.78 is 38.0. The highest BCUT2D eigenvalue weighted by Gasteiger charge is 2.61. The van der Waals surface area contributed by atoms with Gasteiger partial charge in [-0.3, -0.25) is 9.88 Å². The molecule has 0 amide bonds. The van der Waals surface area contributed by atoms with Gasteiger partial charge in [0.15, 0.2) is 5.82 Å². The summed E-state index contributed by atoms with van der Waals surface area (Å²) in [5.74, 6) is 2.34. The second-order valence-corrected chi connectivity index (χ2v) is 13.3. The number of benzene rings is 2. The fourth-order valence-corrected chi connectivity index (χ4v) is 8.67. The molecule has 10 heteroatoms. The molecule has 5 fully saturated rings. The molecule has 9 rings (SSSR count). The van der Waals surface area contributed by atoms with Gasteiger partial charge in [-0.1, -0.05) is 12.0 Å². The minimum Gasteiger partial charge on any atom is -0.508 e. The molecule has 8 nitrogen and oxygen atoms in total. The zero-order chi connectivity index (χ0) is 29.7. The van der Waals surface area contributed by atoms with Gasteiger partial charge in [-0.25, -0.2) is 8.78 Å². The Labute approximate surface area is 253 Å². The third-order valence-electron chi connectivity index (χ3n) is 10.7. The van der Waals surface area contributed by atoms with E-state index in [1.807, 2.05) is 0 Å². The zero-order valence-corrected chi connectivity index (χ0v) is 24.2. The number of nitrogens with zero attached hydrogens (tertiary/aromatic N) is 5. The van der Waals surface area contributed by atoms with Gasteiger partial charge in [0, 0.05) is 48.4 Å². The molecule has 44 heavy (non-hydrogen) atoms. The van der Waals surface area contributed by atoms with Crippen LogP contribution in [0.5, 0.6) is 11.8 Å². The number of anilines is 1. The van der Waals surface area contributed by atoms with Gasteiger partial charge in [-0.2, -0.15) is 9.97 Å². The Morgan fingerprint density at radius 1 is 1.16 bits per heavy atom. The number of phenolic OH excluding ortho intramolecular Hbond substituents is 1. The van der Waals surface area contributed by atoms with Gasteiger partial charge in [0.1, 0.15) is 35.2 Å². The van der Waals surface area contributed by atoms with Crippen LogP contribution in [0.3, 0.4) is 0 Å². The van der Waals surface area contributed by atoms with Gasteiger partial charge in [0.05, 0.1) is 16.5 Å². The van der Waals surface area contributed by atoms with Crippen molar-refractivity contribution in [3.05, 3.63) is 47.7 Å². The smallest absolute Gasteiger partial charge is 0.319 e. The fourth-order valence-electron chi connectivity index (χ4n) is 8.67. The van der Waals surface area contributed by atoms with Gasteiger partial charge in [-0.05, 0) is 74.6 Å². The molecule has 5 atom stereocenters. The van der Waals surface area contributed by atoms with E-state index in [1.165, 1.54) is 30.7 Å². The van der Waals surface area contributed by atoms with Crippen LogP contribution in [0.4, 0.5) is 14.6 Å². The number of pyridine rings is 1. The maximum absolute atomic E-state index is 16.8. The summed E-state index contributed by atoms with van der Waals surface area (Å²) >= 11 is 0. The number of aromatic nitrogens is 3. The number of piperidine rings is 1. The number of halogens is 2. The first-order chi connectivity index (χ1) is 21.4. The predicted octanol–water partition coefficient (Wildman–Crippen LogP) is 4.76. The highest BCUT2D eigenvalue weighted by Crippen LogP contribution is 2.56. The SMILES string of the molecule is C#Cc1c(F)ccc2cc(O)cc(-c3ncc4c(N5C[C@H]6CC[C@@H](C5)N6)nc(OC[C@]56CCCN5[C@H]5C[C@H]5C6)nc4c3F)c12. The molecule has 224 valence electrons. The van der Waals surface area contributed by atoms with Crippen molar-refractivity contribution in [2.75, 3.05) is 31.1 Å². The van der Waals surface area contributed by atoms with E-state index in [1.54, 1.807) is 6.20 Å². The number of terminal acetylenes is 1. The van der Waals surface area contributed by atoms with Gasteiger partial charge in [0.25, 0.3) is 0 Å². The summed E-state index contributed by atoms with van der Waals surface area (Å²) in [6, 6.07) is 7.09. The molecule has 2 aromatic carbocycles. The first kappa shape index (κ1) is 26.3. The molecule has 0 unspecified atom stereocenters. The van der Waals surface area contributed by atoms with Gasteiger partial charge in [0.2, 0.25) is 0 Å². The van der Waals surface area contributed by atoms with Crippen LogP contribution in [0, 0.1) is 29.9 Å². The van der Waals surface area contributed by atoms with Crippen molar-refractivity contribution in [1.29, 1.82) is 0 Å². The normalized spacial score (nSPS) is 28.8. The molecule has 4 aliphatic heterocycles. The molecule has 2 N–H and O–H groups in total. The van der Waals surface area contributed by atoms with E-state index in [9.17, 15) is 9.50 Å². The lowest BCUT2D eigenvalue weighted by Gasteiger charge is -2.35. The van der Waals surface area contributed by atoms with E-state index in [0.717, 1.165) is 57.7 Å². The summed E-state index contributed by atoms with van der Waals surface area (Å²) in [5.41, 5.74) is 0.176. The Hall–Kier alpha value is -4.07. The van der Waals surface area contributed by atoms with Crippen LogP contribution < -0.4 is 15.0 Å². The first-order valence-corrected chi connectivity index (χ1v) is 15.6. The topological polar surface area (TPSA) is 86.6 Å². The number of phenols is 1. The minimum absolute atomic E-state index is 0.00164. The number of ether oxygens (including phenoxy) is 1. The van der Waals surface area contributed by atoms with Crippen LogP contribution >= 0.6 is 0 Å². The second kappa shape index (κ2) is 9.46. The van der Waals surface area contributed by atoms with Crippen molar-refractivity contribution in [3.8, 4) is 35.4 Å². The van der Waals surface area contributed by atoms with E-state index < -0.39 is 11.6 Å². The summed E-state index contributed by atoms with van der Waals surface area (Å²) in [5, 5.41) is 15.4. The summed E-state index contributed by atoms with van der Waals surface area (Å²) in [6.45, 7) is 3.06. The molecule has 1 saturated carbocycles. The highest BCUT2D eigenvalue weighted by molar-refractivity contribution is 6.03. The first-order valence-electron chi connectivity index (χ1n) is 15.6. The van der Waals surface area contributed by atoms with E-state index >= 15 is 4.39 Å². The lowest BCUT2D eigenvalue weighted by atomic mass is 9.93. The Morgan fingerprint density at radius 3 is 2.82 bits per heavy atom. The fraction of sp³-hybridized carbons (Fsp3) is 0.441. The molecule has 6 heterocycles. The molecular formula is C34H32F2N6O2. The van der Waals surface area contributed by atoms with E-state index in [2.05, 4.69) is 31.0 Å². The summed E-state index contributed by atoms with van der Waals surface area (Å²) in [6.07, 6.45) is 14.1. The van der Waals surface area contributed by atoms with Gasteiger partial charge in [-0.15, -0.1) is 6.42 Å². The summed E-state index contributed by atoms with van der Waals surface area (Å²) in [7, 11) is 0. The molecule has 2 bridgehead atoms. The average molecular weight is 595 g/mol. The molecule has 0 spiro atoms. The number of hydrogen-bond acceptors (Lipinski definition) is 8. The van der Waals surface area contributed by atoms with Crippen LogP contribution in [-0.4, -0.2) is 74.9 Å². The second-order valence-electron chi connectivity index (χ2n) is 13.3. The minimum atomic E-state index is -0.698. The number of aromatic hydroxyl groups is 1.